The number of anilines is 2. The van der Waals surface area contributed by atoms with E-state index in [4.69, 9.17) is 21.4 Å². The summed E-state index contributed by atoms with van der Waals surface area (Å²) >= 11 is 0. The molecule has 1 aliphatic heterocycles. The normalized spacial score (nSPS) is 15.6. The van der Waals surface area contributed by atoms with Gasteiger partial charge in [0.2, 0.25) is 17.8 Å². The highest BCUT2D eigenvalue weighted by molar-refractivity contribution is 5.90. The number of hydrogen-bond acceptors (Lipinski definition) is 11. The van der Waals surface area contributed by atoms with Gasteiger partial charge in [-0.15, -0.1) is 5.10 Å². The average Bonchev–Trinajstić information content (AvgIpc) is 3.70. The molecule has 1 saturated carbocycles. The van der Waals surface area contributed by atoms with E-state index in [1.54, 1.807) is 0 Å². The Morgan fingerprint density at radius 1 is 0.860 bits per heavy atom. The van der Waals surface area contributed by atoms with E-state index in [2.05, 4.69) is 41.9 Å². The Kier molecular flexibility index (Phi) is 15.8. The van der Waals surface area contributed by atoms with Crippen LogP contribution in [0.2, 0.25) is 0 Å². The van der Waals surface area contributed by atoms with Gasteiger partial charge in [0.05, 0.1) is 18.3 Å². The number of amides is 2. The second kappa shape index (κ2) is 21.8. The van der Waals surface area contributed by atoms with Crippen LogP contribution in [0.25, 0.3) is 10.9 Å². The Labute approximate surface area is 335 Å². The van der Waals surface area contributed by atoms with Crippen molar-refractivity contribution in [2.75, 3.05) is 43.4 Å². The molecule has 2 aliphatic rings. The number of likely N-dealkylation sites (tertiary alicyclic amines) is 1. The third-order valence-corrected chi connectivity index (χ3v) is 10.7. The van der Waals surface area contributed by atoms with Crippen LogP contribution in [0.4, 0.5) is 11.8 Å². The molecule has 2 aromatic heterocycles. The summed E-state index contributed by atoms with van der Waals surface area (Å²) in [5, 5.41) is 26.7. The van der Waals surface area contributed by atoms with E-state index in [1.807, 2.05) is 70.4 Å². The third-order valence-electron chi connectivity index (χ3n) is 10.7. The van der Waals surface area contributed by atoms with Crippen molar-refractivity contribution in [3.8, 4) is 0 Å². The molecule has 3 heterocycles. The van der Waals surface area contributed by atoms with Gasteiger partial charge in [-0.05, 0) is 82.3 Å². The molecule has 2 amide bonds. The number of nitrogens with zero attached hydrogens (tertiary/aromatic N) is 7. The second-order valence-electron chi connectivity index (χ2n) is 15.1. The first-order valence-electron chi connectivity index (χ1n) is 20.7. The zero-order valence-electron chi connectivity index (χ0n) is 33.0. The number of aryl methyl sites for hydroxylation is 1. The van der Waals surface area contributed by atoms with Crippen LogP contribution in [0, 0.1) is 0 Å². The Morgan fingerprint density at radius 2 is 1.63 bits per heavy atom. The number of nitrogens with two attached hydrogens (primary N) is 2. The molecule has 306 valence electrons. The van der Waals surface area contributed by atoms with Gasteiger partial charge in [-0.25, -0.2) is 9.98 Å². The molecule has 0 radical (unpaired) electrons. The lowest BCUT2D eigenvalue weighted by atomic mass is 9.95. The van der Waals surface area contributed by atoms with E-state index in [0.29, 0.717) is 32.1 Å². The molecule has 57 heavy (non-hydrogen) atoms. The molecule has 9 N–H and O–H groups in total. The number of guanidine groups is 1. The number of aliphatic imine (C=N–C) groups is 1. The smallest absolute Gasteiger partial charge is 0.245 e. The number of hydrogen-bond donors (Lipinski definition) is 7. The molecule has 1 unspecified atom stereocenters. The lowest BCUT2D eigenvalue weighted by Gasteiger charge is -2.33. The molecule has 2 fully saturated rings. The highest BCUT2D eigenvalue weighted by Gasteiger charge is 2.26. The largest absolute Gasteiger partial charge is 0.370 e. The monoisotopic (exact) mass is 781 g/mol. The van der Waals surface area contributed by atoms with Crippen LogP contribution in [0.1, 0.15) is 81.9 Å². The van der Waals surface area contributed by atoms with Gasteiger partial charge in [0.1, 0.15) is 17.6 Å². The van der Waals surface area contributed by atoms with Gasteiger partial charge in [0.25, 0.3) is 0 Å². The van der Waals surface area contributed by atoms with E-state index < -0.39 is 6.04 Å². The number of aromatic nitrogens is 5. The van der Waals surface area contributed by atoms with Gasteiger partial charge in [-0.2, -0.15) is 4.98 Å². The molecule has 2 aromatic carbocycles. The van der Waals surface area contributed by atoms with Crippen LogP contribution in [-0.4, -0.2) is 98.5 Å². The highest BCUT2D eigenvalue weighted by Crippen LogP contribution is 2.25. The van der Waals surface area contributed by atoms with Crippen LogP contribution in [0.3, 0.4) is 0 Å². The van der Waals surface area contributed by atoms with E-state index in [9.17, 15) is 9.59 Å². The lowest BCUT2D eigenvalue weighted by Crippen LogP contribution is -2.43. The number of para-hydroxylation sites is 1. The summed E-state index contributed by atoms with van der Waals surface area (Å²) in [6.07, 6.45) is 12.8. The Bertz CT molecular complexity index is 1870. The minimum absolute atomic E-state index is 0.0271. The van der Waals surface area contributed by atoms with Gasteiger partial charge < -0.3 is 43.0 Å². The molecule has 1 saturated heterocycles. The maximum absolute atomic E-state index is 13.2. The maximum atomic E-state index is 13.2. The fraction of sp³-hybridized carbons (Fsp3) is 0.537. The van der Waals surface area contributed by atoms with Crippen LogP contribution >= 0.6 is 0 Å². The summed E-state index contributed by atoms with van der Waals surface area (Å²) in [5.74, 6) is 0.720. The number of carbonyl (C=O) groups excluding carboxylic acids is 2. The van der Waals surface area contributed by atoms with Crippen molar-refractivity contribution < 1.29 is 9.59 Å². The topological polar surface area (TPSA) is 218 Å². The number of fused-ring (bicyclic) bond motifs is 1. The summed E-state index contributed by atoms with van der Waals surface area (Å²) < 4.78 is 1.89. The summed E-state index contributed by atoms with van der Waals surface area (Å²) in [5.41, 5.74) is 13.9. The number of nitrogens with one attached hydrogen (secondary N) is 5. The second-order valence-corrected chi connectivity index (χ2v) is 15.1. The van der Waals surface area contributed by atoms with Crippen LogP contribution in [0.5, 0.6) is 0 Å². The number of rotatable bonds is 21. The maximum Gasteiger partial charge on any atom is 0.245 e. The highest BCUT2D eigenvalue weighted by atomic mass is 16.2. The predicted molar refractivity (Wildman–Crippen MR) is 224 cm³/mol. The van der Waals surface area contributed by atoms with Crippen LogP contribution in [0.15, 0.2) is 65.8 Å². The summed E-state index contributed by atoms with van der Waals surface area (Å²) in [6.45, 7) is 5.83. The summed E-state index contributed by atoms with van der Waals surface area (Å²) in [6, 6.07) is 17.5. The Balaban J connectivity index is 0.921. The van der Waals surface area contributed by atoms with Gasteiger partial charge >= 0.3 is 0 Å². The number of piperidine rings is 1. The van der Waals surface area contributed by atoms with Gasteiger partial charge in [0.15, 0.2) is 5.96 Å². The molecule has 16 heteroatoms. The zero-order valence-corrected chi connectivity index (χ0v) is 33.0. The average molecular weight is 781 g/mol. The molecule has 1 atom stereocenters. The number of carbonyl (C=O) groups is 2. The van der Waals surface area contributed by atoms with Crippen molar-refractivity contribution >= 4 is 40.4 Å². The van der Waals surface area contributed by atoms with E-state index >= 15 is 0 Å². The lowest BCUT2D eigenvalue weighted by molar-refractivity contribution is -0.132. The molecule has 0 spiro atoms. The SMILES string of the molecule is NC(N)=NC(CCC(=O)N1CCC(Nc2nc(NCc3cn(CCCNCCCNC4CCCCC4)nn3)nc3ccccc23)CC1)C(=O)NCc1ccccc1. The molecule has 1 aliphatic carbocycles. The molecule has 0 bridgehead atoms. The third kappa shape index (κ3) is 13.4. The van der Waals surface area contributed by atoms with Crippen molar-refractivity contribution in [3.05, 3.63) is 72.1 Å². The molecular formula is C41H60N14O2. The molecular weight excluding hydrogens is 721 g/mol. The number of benzene rings is 2. The van der Waals surface area contributed by atoms with Gasteiger partial charge in [-0.1, -0.05) is 66.9 Å². The van der Waals surface area contributed by atoms with Crippen LogP contribution in [-0.2, 0) is 29.2 Å². The van der Waals surface area contributed by atoms with Crippen molar-refractivity contribution in [2.45, 2.75) is 108 Å². The quantitative estimate of drug-likeness (QED) is 0.0368. The summed E-state index contributed by atoms with van der Waals surface area (Å²) in [7, 11) is 0. The van der Waals surface area contributed by atoms with Crippen molar-refractivity contribution in [2.24, 2.45) is 16.5 Å². The minimum atomic E-state index is -0.844. The van der Waals surface area contributed by atoms with Crippen molar-refractivity contribution in [1.29, 1.82) is 0 Å². The minimum Gasteiger partial charge on any atom is -0.370 e. The molecule has 4 aromatic rings. The zero-order chi connectivity index (χ0) is 39.7. The van der Waals surface area contributed by atoms with Crippen LogP contribution < -0.4 is 38.1 Å². The Hall–Kier alpha value is -5.35. The van der Waals surface area contributed by atoms with Gasteiger partial charge in [-0.3, -0.25) is 14.3 Å². The van der Waals surface area contributed by atoms with E-state index in [1.165, 1.54) is 32.1 Å². The predicted octanol–water partition coefficient (Wildman–Crippen LogP) is 3.27. The Morgan fingerprint density at radius 3 is 2.44 bits per heavy atom. The summed E-state index contributed by atoms with van der Waals surface area (Å²) in [4.78, 5) is 41.7. The fourth-order valence-corrected chi connectivity index (χ4v) is 7.50. The molecule has 16 nitrogen and oxygen atoms in total. The fourth-order valence-electron chi connectivity index (χ4n) is 7.50. The van der Waals surface area contributed by atoms with E-state index in [0.717, 1.165) is 85.9 Å². The first-order chi connectivity index (χ1) is 27.9. The van der Waals surface area contributed by atoms with Gasteiger partial charge in [0, 0.05) is 50.1 Å². The van der Waals surface area contributed by atoms with Crippen molar-refractivity contribution in [1.82, 2.24) is 45.8 Å². The van der Waals surface area contributed by atoms with Crippen molar-refractivity contribution in [3.63, 3.8) is 0 Å². The van der Waals surface area contributed by atoms with E-state index in [-0.39, 0.29) is 36.7 Å². The first kappa shape index (κ1) is 41.3. The standard InChI is InChI=1S/C41H60N14O2/c42-40(43)49-36(39(57)46-27-30-11-3-1-4-12-30)17-18-37(56)54-25-19-32(20-26-54)48-38-34-15-7-8-16-35(34)50-41(51-38)47-28-33-29-55(53-52-33)24-10-22-44-21-9-23-45-31-13-5-2-6-14-31/h1,3-4,7-8,11-12,15-16,29,31-32,36,44-45H,2,5-6,9-10,13-14,17-28H2,(H,46,57)(H4,42,43,49)(H2,47,48,50,51). The first-order valence-corrected chi connectivity index (χ1v) is 20.7. The molecule has 6 rings (SSSR count).